The van der Waals surface area contributed by atoms with Crippen molar-refractivity contribution in [3.05, 3.63) is 59.7 Å². The van der Waals surface area contributed by atoms with Gasteiger partial charge in [0.15, 0.2) is 0 Å². The van der Waals surface area contributed by atoms with Crippen LogP contribution in [0, 0.1) is 0 Å². The number of halogens is 3. The van der Waals surface area contributed by atoms with Gasteiger partial charge in [-0.25, -0.2) is 0 Å². The van der Waals surface area contributed by atoms with E-state index in [-0.39, 0.29) is 19.1 Å². The lowest BCUT2D eigenvalue weighted by Gasteiger charge is -2.20. The van der Waals surface area contributed by atoms with Gasteiger partial charge in [-0.15, -0.1) is 0 Å². The normalized spacial score (nSPS) is 14.9. The quantitative estimate of drug-likeness (QED) is 0.889. The van der Waals surface area contributed by atoms with E-state index in [9.17, 15) is 18.0 Å². The Morgan fingerprint density at radius 3 is 2.65 bits per heavy atom. The summed E-state index contributed by atoms with van der Waals surface area (Å²) < 4.78 is 42.9. The lowest BCUT2D eigenvalue weighted by atomic mass is 10.1. The number of ether oxygens (including phenoxy) is 1. The number of hydrogen-bond donors (Lipinski definition) is 1. The van der Waals surface area contributed by atoms with E-state index in [1.54, 1.807) is 35.2 Å². The predicted octanol–water partition coefficient (Wildman–Crippen LogP) is 4.09. The number of para-hydroxylation sites is 1. The maximum atomic E-state index is 12.4. The number of fused-ring (bicyclic) bond motifs is 1. The summed E-state index contributed by atoms with van der Waals surface area (Å²) in [6.07, 6.45) is -5.02. The first-order valence-corrected chi connectivity index (χ1v) is 8.32. The molecule has 2 aromatic carbocycles. The van der Waals surface area contributed by atoms with E-state index in [2.05, 4.69) is 5.32 Å². The Morgan fingerprint density at radius 1 is 1.15 bits per heavy atom. The van der Waals surface area contributed by atoms with E-state index in [0.29, 0.717) is 30.1 Å². The third kappa shape index (κ3) is 4.98. The van der Waals surface area contributed by atoms with Crippen LogP contribution in [0.5, 0.6) is 5.75 Å². The first-order chi connectivity index (χ1) is 12.4. The van der Waals surface area contributed by atoms with Crippen LogP contribution >= 0.6 is 0 Å². The second-order valence-corrected chi connectivity index (χ2v) is 6.13. The summed E-state index contributed by atoms with van der Waals surface area (Å²) in [7, 11) is 0. The standard InChI is InChI=1S/C19H19F3N2O2/c20-19(21,22)8-9-24-10-11-26-17-12-14(6-7-15(17)13-24)18(25)23-16-4-2-1-3-5-16/h1-7,12H,8-11,13H2,(H,23,25). The molecule has 0 saturated heterocycles. The summed E-state index contributed by atoms with van der Waals surface area (Å²) in [4.78, 5) is 14.1. The molecule has 0 saturated carbocycles. The molecular formula is C19H19F3N2O2. The van der Waals surface area contributed by atoms with Gasteiger partial charge in [0.2, 0.25) is 0 Å². The van der Waals surface area contributed by atoms with Gasteiger partial charge in [0.1, 0.15) is 12.4 Å². The Balaban J connectivity index is 1.68. The van der Waals surface area contributed by atoms with Crippen LogP contribution in [0.4, 0.5) is 18.9 Å². The molecule has 26 heavy (non-hydrogen) atoms. The Labute approximate surface area is 149 Å². The van der Waals surface area contributed by atoms with E-state index in [1.807, 2.05) is 18.2 Å². The van der Waals surface area contributed by atoms with Gasteiger partial charge in [0.25, 0.3) is 5.91 Å². The number of carbonyl (C=O) groups excluding carboxylic acids is 1. The molecule has 1 N–H and O–H groups in total. The van der Waals surface area contributed by atoms with Gasteiger partial charge >= 0.3 is 6.18 Å². The Bertz CT molecular complexity index is 763. The van der Waals surface area contributed by atoms with Crippen molar-refractivity contribution in [1.82, 2.24) is 4.90 Å². The van der Waals surface area contributed by atoms with Gasteiger partial charge in [0.05, 0.1) is 6.42 Å². The van der Waals surface area contributed by atoms with E-state index in [0.717, 1.165) is 5.56 Å². The van der Waals surface area contributed by atoms with Crippen LogP contribution in [0.3, 0.4) is 0 Å². The van der Waals surface area contributed by atoms with Crippen LogP contribution < -0.4 is 10.1 Å². The molecular weight excluding hydrogens is 345 g/mol. The smallest absolute Gasteiger partial charge is 0.390 e. The maximum absolute atomic E-state index is 12.4. The summed E-state index contributed by atoms with van der Waals surface area (Å²) in [6, 6.07) is 14.1. The summed E-state index contributed by atoms with van der Waals surface area (Å²) in [6.45, 7) is 0.999. The van der Waals surface area contributed by atoms with Gasteiger partial charge in [-0.1, -0.05) is 24.3 Å². The molecule has 3 rings (SSSR count). The largest absolute Gasteiger partial charge is 0.492 e. The fourth-order valence-corrected chi connectivity index (χ4v) is 2.77. The van der Waals surface area contributed by atoms with Crippen molar-refractivity contribution < 1.29 is 22.7 Å². The summed E-state index contributed by atoms with van der Waals surface area (Å²) >= 11 is 0. The first-order valence-electron chi connectivity index (χ1n) is 8.32. The topological polar surface area (TPSA) is 41.6 Å². The van der Waals surface area contributed by atoms with Crippen LogP contribution in [-0.2, 0) is 6.54 Å². The Hall–Kier alpha value is -2.54. The van der Waals surface area contributed by atoms with Gasteiger partial charge in [0, 0.05) is 36.4 Å². The monoisotopic (exact) mass is 364 g/mol. The van der Waals surface area contributed by atoms with Crippen molar-refractivity contribution in [3.8, 4) is 5.75 Å². The van der Waals surface area contributed by atoms with Crippen molar-refractivity contribution in [2.75, 3.05) is 25.0 Å². The lowest BCUT2D eigenvalue weighted by molar-refractivity contribution is -0.138. The van der Waals surface area contributed by atoms with Crippen LogP contribution in [0.1, 0.15) is 22.3 Å². The molecule has 1 aliphatic rings. The zero-order chi connectivity index (χ0) is 18.6. The predicted molar refractivity (Wildman–Crippen MR) is 92.3 cm³/mol. The van der Waals surface area contributed by atoms with Crippen molar-refractivity contribution >= 4 is 11.6 Å². The fourth-order valence-electron chi connectivity index (χ4n) is 2.77. The van der Waals surface area contributed by atoms with Crippen molar-refractivity contribution in [3.63, 3.8) is 0 Å². The minimum atomic E-state index is -4.17. The minimum Gasteiger partial charge on any atom is -0.492 e. The molecule has 0 fully saturated rings. The first kappa shape index (κ1) is 18.3. The number of benzene rings is 2. The maximum Gasteiger partial charge on any atom is 0.390 e. The third-order valence-electron chi connectivity index (χ3n) is 4.13. The summed E-state index contributed by atoms with van der Waals surface area (Å²) in [5.74, 6) is 0.279. The highest BCUT2D eigenvalue weighted by Crippen LogP contribution is 2.26. The van der Waals surface area contributed by atoms with Gasteiger partial charge in [-0.05, 0) is 24.3 Å². The van der Waals surface area contributed by atoms with Crippen LogP contribution in [0.15, 0.2) is 48.5 Å². The van der Waals surface area contributed by atoms with Gasteiger partial charge in [-0.2, -0.15) is 13.2 Å². The van der Waals surface area contributed by atoms with E-state index < -0.39 is 12.6 Å². The summed E-state index contributed by atoms with van der Waals surface area (Å²) in [5, 5.41) is 2.80. The molecule has 4 nitrogen and oxygen atoms in total. The molecule has 7 heteroatoms. The second kappa shape index (κ2) is 7.78. The summed E-state index contributed by atoms with van der Waals surface area (Å²) in [5.41, 5.74) is 1.91. The highest BCUT2D eigenvalue weighted by atomic mass is 19.4. The number of amides is 1. The molecule has 0 unspecified atom stereocenters. The molecule has 1 heterocycles. The molecule has 0 bridgehead atoms. The number of alkyl halides is 3. The second-order valence-electron chi connectivity index (χ2n) is 6.13. The Morgan fingerprint density at radius 2 is 1.92 bits per heavy atom. The van der Waals surface area contributed by atoms with Crippen molar-refractivity contribution in [2.45, 2.75) is 19.1 Å². The number of nitrogens with zero attached hydrogens (tertiary/aromatic N) is 1. The molecule has 0 aliphatic carbocycles. The van der Waals surface area contributed by atoms with E-state index in [4.69, 9.17) is 4.74 Å². The zero-order valence-electron chi connectivity index (χ0n) is 14.1. The van der Waals surface area contributed by atoms with E-state index in [1.165, 1.54) is 0 Å². The van der Waals surface area contributed by atoms with Crippen molar-refractivity contribution in [2.24, 2.45) is 0 Å². The number of carbonyl (C=O) groups is 1. The number of nitrogens with one attached hydrogen (secondary N) is 1. The zero-order valence-corrected chi connectivity index (χ0v) is 14.1. The van der Waals surface area contributed by atoms with Crippen LogP contribution in [0.2, 0.25) is 0 Å². The SMILES string of the molecule is O=C(Nc1ccccc1)c1ccc2c(c1)OCCN(CCC(F)(F)F)C2. The highest BCUT2D eigenvalue weighted by molar-refractivity contribution is 6.04. The molecule has 0 radical (unpaired) electrons. The van der Waals surface area contributed by atoms with E-state index >= 15 is 0 Å². The number of rotatable bonds is 4. The van der Waals surface area contributed by atoms with Crippen LogP contribution in [0.25, 0.3) is 0 Å². The van der Waals surface area contributed by atoms with Crippen LogP contribution in [-0.4, -0.2) is 36.7 Å². The highest BCUT2D eigenvalue weighted by Gasteiger charge is 2.28. The average Bonchev–Trinajstić information content (AvgIpc) is 2.81. The molecule has 0 atom stereocenters. The van der Waals surface area contributed by atoms with Gasteiger partial charge < -0.3 is 10.1 Å². The number of hydrogen-bond acceptors (Lipinski definition) is 3. The minimum absolute atomic E-state index is 0.0669. The lowest BCUT2D eigenvalue weighted by Crippen LogP contribution is -2.29. The van der Waals surface area contributed by atoms with Gasteiger partial charge in [-0.3, -0.25) is 9.69 Å². The van der Waals surface area contributed by atoms with Crippen molar-refractivity contribution in [1.29, 1.82) is 0 Å². The molecule has 2 aromatic rings. The third-order valence-corrected chi connectivity index (χ3v) is 4.13. The molecule has 138 valence electrons. The Kier molecular flexibility index (Phi) is 5.46. The number of anilines is 1. The molecule has 1 aliphatic heterocycles. The molecule has 0 aromatic heterocycles. The molecule has 1 amide bonds. The average molecular weight is 364 g/mol. The fraction of sp³-hybridized carbons (Fsp3) is 0.316. The molecule has 0 spiro atoms.